The molecule has 2 aromatic carbocycles. The number of guanidine groups is 1. The molecule has 0 saturated heterocycles. The molecule has 8 N–H and O–H groups in total. The minimum atomic E-state index is -4.44. The highest BCUT2D eigenvalue weighted by Gasteiger charge is 2.29. The van der Waals surface area contributed by atoms with Crippen LogP contribution in [0.5, 0.6) is 0 Å². The van der Waals surface area contributed by atoms with E-state index in [1.54, 1.807) is 36.8 Å². The van der Waals surface area contributed by atoms with Crippen LogP contribution in [0.25, 0.3) is 28.0 Å². The van der Waals surface area contributed by atoms with Crippen LogP contribution in [0.3, 0.4) is 0 Å². The maximum Gasteiger partial charge on any atom is 0.446 e. The number of hydrogen-bond acceptors (Lipinski definition) is 7. The number of benzene rings is 2. The summed E-state index contributed by atoms with van der Waals surface area (Å²) >= 11 is -0.157. The Balaban J connectivity index is 1.38. The molecule has 10 nitrogen and oxygen atoms in total. The fraction of sp³-hybridized carbons (Fsp3) is 0.297. The highest BCUT2D eigenvalue weighted by Crippen LogP contribution is 2.39. The number of nitrogens with two attached hydrogens (primary N) is 3. The number of aromatic nitrogens is 4. The van der Waals surface area contributed by atoms with Gasteiger partial charge in [-0.25, -0.2) is 4.79 Å². The van der Waals surface area contributed by atoms with E-state index in [1.807, 2.05) is 42.5 Å². The molecule has 0 saturated carbocycles. The van der Waals surface area contributed by atoms with E-state index < -0.39 is 11.2 Å². The number of pyridine rings is 1. The standard InChI is InChI=1S/C37H42F3N9OS/c1-2-29(41)6-3-5-25-19-27(21-31(20-25)51-37(38,39)40)33-22-28-23-49(36(50)48-34(28)47-33)30-10-8-26(9-11-30)32(45-15-4-16-46-35(42)43)12-7-24-13-17-44-18-14-24/h2,8-11,13-14,17-23,29,32,45H,1,3-7,12,15-16,41H2,(H4,42,43,46)(H,47,48,50)/t29-,32+/m0/s1. The number of nitrogens with one attached hydrogen (secondary N) is 2. The van der Waals surface area contributed by atoms with Crippen molar-refractivity contribution in [2.24, 2.45) is 22.2 Å². The van der Waals surface area contributed by atoms with Crippen LogP contribution in [-0.2, 0) is 12.8 Å². The molecule has 0 aliphatic rings. The van der Waals surface area contributed by atoms with Crippen molar-refractivity contribution in [1.82, 2.24) is 24.8 Å². The summed E-state index contributed by atoms with van der Waals surface area (Å²) < 4.78 is 41.6. The zero-order valence-electron chi connectivity index (χ0n) is 28.1. The van der Waals surface area contributed by atoms with Gasteiger partial charge in [0.25, 0.3) is 0 Å². The van der Waals surface area contributed by atoms with Gasteiger partial charge in [-0.1, -0.05) is 18.2 Å². The van der Waals surface area contributed by atoms with Crippen LogP contribution in [-0.4, -0.2) is 50.1 Å². The topological polar surface area (TPSA) is 166 Å². The number of fused-ring (bicyclic) bond motifs is 1. The van der Waals surface area contributed by atoms with Crippen molar-refractivity contribution in [3.8, 4) is 16.9 Å². The highest BCUT2D eigenvalue weighted by atomic mass is 32.2. The highest BCUT2D eigenvalue weighted by molar-refractivity contribution is 8.00. The molecule has 0 spiro atoms. The Bertz CT molecular complexity index is 1990. The predicted octanol–water partition coefficient (Wildman–Crippen LogP) is 6.15. The summed E-state index contributed by atoms with van der Waals surface area (Å²) in [7, 11) is 0. The fourth-order valence-corrected chi connectivity index (χ4v) is 6.49. The van der Waals surface area contributed by atoms with Gasteiger partial charge in [-0.2, -0.15) is 18.2 Å². The van der Waals surface area contributed by atoms with Crippen molar-refractivity contribution in [3.05, 3.63) is 119 Å². The second kappa shape index (κ2) is 17.3. The summed E-state index contributed by atoms with van der Waals surface area (Å²) in [5.41, 5.74) is 17.0. The van der Waals surface area contributed by atoms with Crippen molar-refractivity contribution >= 4 is 28.8 Å². The molecule has 3 aromatic heterocycles. The van der Waals surface area contributed by atoms with E-state index in [-0.39, 0.29) is 34.7 Å². The normalized spacial score (nSPS) is 12.9. The maximum atomic E-state index is 13.4. The Morgan fingerprint density at radius 3 is 2.49 bits per heavy atom. The SMILES string of the molecule is C=C[C@H](N)CCCc1cc(SC(F)(F)F)cc(-c2cc3cn(-c4ccc([C@@H](CCc5ccncc5)NCCCN=C(N)N)cc4)c(=O)nc3[nH]2)c1. The molecule has 0 fully saturated rings. The number of aryl methyl sites for hydroxylation is 2. The molecule has 14 heteroatoms. The van der Waals surface area contributed by atoms with Gasteiger partial charge in [-0.3, -0.25) is 14.5 Å². The Hall–Kier alpha value is -4.92. The van der Waals surface area contributed by atoms with Crippen molar-refractivity contribution in [2.75, 3.05) is 13.1 Å². The van der Waals surface area contributed by atoms with E-state index in [1.165, 1.54) is 16.2 Å². The van der Waals surface area contributed by atoms with Gasteiger partial charge in [0, 0.05) is 53.2 Å². The Kier molecular flexibility index (Phi) is 12.7. The van der Waals surface area contributed by atoms with E-state index in [9.17, 15) is 18.0 Å². The first-order valence-electron chi connectivity index (χ1n) is 16.7. The molecule has 2 atom stereocenters. The smallest absolute Gasteiger partial charge is 0.370 e. The van der Waals surface area contributed by atoms with Crippen LogP contribution < -0.4 is 28.2 Å². The number of halogens is 3. The average molecular weight is 718 g/mol. The lowest BCUT2D eigenvalue weighted by Gasteiger charge is -2.20. The molecular formula is C37H42F3N9OS. The van der Waals surface area contributed by atoms with Crippen LogP contribution in [0.15, 0.2) is 107 Å². The van der Waals surface area contributed by atoms with Gasteiger partial charge >= 0.3 is 11.2 Å². The summed E-state index contributed by atoms with van der Waals surface area (Å²) in [4.78, 5) is 28.9. The number of nitrogens with zero attached hydrogens (tertiary/aromatic N) is 4. The summed E-state index contributed by atoms with van der Waals surface area (Å²) in [6.45, 7) is 4.92. The van der Waals surface area contributed by atoms with Crippen LogP contribution in [0.4, 0.5) is 13.2 Å². The van der Waals surface area contributed by atoms with Crippen molar-refractivity contribution in [2.45, 2.75) is 61.0 Å². The third kappa shape index (κ3) is 11.0. The summed E-state index contributed by atoms with van der Waals surface area (Å²) in [5.74, 6) is 0.0680. The van der Waals surface area contributed by atoms with Crippen molar-refractivity contribution in [1.29, 1.82) is 0 Å². The second-order valence-corrected chi connectivity index (χ2v) is 13.4. The number of aliphatic imine (C=N–C) groups is 1. The lowest BCUT2D eigenvalue weighted by molar-refractivity contribution is -0.0328. The second-order valence-electron chi connectivity index (χ2n) is 12.2. The molecule has 3 heterocycles. The quantitative estimate of drug-likeness (QED) is 0.0251. The summed E-state index contributed by atoms with van der Waals surface area (Å²) in [6.07, 6.45) is 11.3. The largest absolute Gasteiger partial charge is 0.446 e. The minimum Gasteiger partial charge on any atom is -0.370 e. The van der Waals surface area contributed by atoms with Gasteiger partial charge < -0.3 is 27.5 Å². The molecule has 51 heavy (non-hydrogen) atoms. The van der Waals surface area contributed by atoms with E-state index in [2.05, 4.69) is 31.8 Å². The summed E-state index contributed by atoms with van der Waals surface area (Å²) in [6, 6.07) is 18.3. The van der Waals surface area contributed by atoms with Gasteiger partial charge in [0.05, 0.1) is 5.69 Å². The van der Waals surface area contributed by atoms with Gasteiger partial charge in [-0.15, -0.1) is 6.58 Å². The number of alkyl halides is 3. The molecule has 0 aliphatic carbocycles. The number of hydrogen-bond donors (Lipinski definition) is 5. The van der Waals surface area contributed by atoms with Crippen LogP contribution in [0, 0.1) is 0 Å². The first-order valence-corrected chi connectivity index (χ1v) is 17.5. The number of rotatable bonds is 17. The van der Waals surface area contributed by atoms with Crippen LogP contribution in [0.1, 0.15) is 48.4 Å². The molecular weight excluding hydrogens is 676 g/mol. The molecule has 0 aliphatic heterocycles. The van der Waals surface area contributed by atoms with Crippen LogP contribution in [0.2, 0.25) is 0 Å². The van der Waals surface area contributed by atoms with E-state index >= 15 is 0 Å². The number of H-pyrrole nitrogens is 1. The van der Waals surface area contributed by atoms with E-state index in [4.69, 9.17) is 17.2 Å². The zero-order valence-corrected chi connectivity index (χ0v) is 28.9. The lowest BCUT2D eigenvalue weighted by atomic mass is 9.99. The maximum absolute atomic E-state index is 13.4. The summed E-state index contributed by atoms with van der Waals surface area (Å²) in [5, 5.41) is 4.24. The Morgan fingerprint density at radius 1 is 1.02 bits per heavy atom. The predicted molar refractivity (Wildman–Crippen MR) is 199 cm³/mol. The average Bonchev–Trinajstić information content (AvgIpc) is 3.51. The number of aromatic amines is 1. The van der Waals surface area contributed by atoms with E-state index in [0.717, 1.165) is 30.4 Å². The van der Waals surface area contributed by atoms with Crippen molar-refractivity contribution < 1.29 is 13.2 Å². The lowest BCUT2D eigenvalue weighted by Crippen LogP contribution is -2.25. The Morgan fingerprint density at radius 2 is 1.78 bits per heavy atom. The minimum absolute atomic E-state index is 0.0332. The number of thioether (sulfide) groups is 1. The zero-order chi connectivity index (χ0) is 36.4. The Labute approximate surface area is 298 Å². The fourth-order valence-electron chi connectivity index (χ4n) is 5.83. The monoisotopic (exact) mass is 717 g/mol. The third-order valence-electron chi connectivity index (χ3n) is 8.39. The van der Waals surface area contributed by atoms with Gasteiger partial charge in [0.15, 0.2) is 5.96 Å². The molecule has 0 amide bonds. The molecule has 268 valence electrons. The van der Waals surface area contributed by atoms with Gasteiger partial charge in [-0.05, 0) is 128 Å². The van der Waals surface area contributed by atoms with Crippen molar-refractivity contribution in [3.63, 3.8) is 0 Å². The molecule has 0 unspecified atom stereocenters. The first kappa shape index (κ1) is 37.3. The molecule has 0 bridgehead atoms. The molecule has 5 aromatic rings. The van der Waals surface area contributed by atoms with E-state index in [0.29, 0.717) is 60.3 Å². The van der Waals surface area contributed by atoms with Gasteiger partial charge in [0.2, 0.25) is 0 Å². The van der Waals surface area contributed by atoms with Crippen LogP contribution >= 0.6 is 11.8 Å². The molecule has 0 radical (unpaired) electrons. The van der Waals surface area contributed by atoms with Gasteiger partial charge in [0.1, 0.15) is 5.65 Å². The third-order valence-corrected chi connectivity index (χ3v) is 9.09. The molecule has 5 rings (SSSR count). The first-order chi connectivity index (χ1) is 24.5.